The van der Waals surface area contributed by atoms with Crippen molar-refractivity contribution in [2.75, 3.05) is 12.8 Å². The monoisotopic (exact) mass is 419 g/mol. The van der Waals surface area contributed by atoms with Gasteiger partial charge >= 0.3 is 0 Å². The number of nitrogens with one attached hydrogen (secondary N) is 1. The Labute approximate surface area is 183 Å². The Morgan fingerprint density at radius 3 is 2.48 bits per heavy atom. The highest BCUT2D eigenvalue weighted by Crippen LogP contribution is 2.27. The van der Waals surface area contributed by atoms with Crippen LogP contribution in [-0.4, -0.2) is 18.0 Å². The Kier molecular flexibility index (Phi) is 7.62. The van der Waals surface area contributed by atoms with Crippen molar-refractivity contribution in [3.05, 3.63) is 83.0 Å². The van der Waals surface area contributed by atoms with E-state index >= 15 is 0 Å². The number of methoxy groups -OCH3 is 1. The molecule has 1 aromatic heterocycles. The molecule has 162 valence electrons. The molecule has 6 nitrogen and oxygen atoms in total. The highest BCUT2D eigenvalue weighted by atomic mass is 16.5. The Morgan fingerprint density at radius 1 is 1.06 bits per heavy atom. The molecule has 0 bridgehead atoms. The molecule has 3 N–H and O–H groups in total. The average Bonchev–Trinajstić information content (AvgIpc) is 2.74. The maximum Gasteiger partial charge on any atom is 0.255 e. The topological polar surface area (TPSA) is 86.5 Å². The van der Waals surface area contributed by atoms with E-state index in [-0.39, 0.29) is 11.7 Å². The molecule has 0 saturated heterocycles. The molecule has 0 unspecified atom stereocenters. The van der Waals surface area contributed by atoms with Gasteiger partial charge in [0.25, 0.3) is 5.91 Å². The van der Waals surface area contributed by atoms with Crippen molar-refractivity contribution in [1.29, 1.82) is 0 Å². The first kappa shape index (κ1) is 22.3. The number of aromatic nitrogens is 1. The van der Waals surface area contributed by atoms with Crippen LogP contribution in [0.1, 0.15) is 41.0 Å². The van der Waals surface area contributed by atoms with Crippen LogP contribution in [0.2, 0.25) is 0 Å². The van der Waals surface area contributed by atoms with Gasteiger partial charge in [-0.25, -0.2) is 4.98 Å². The van der Waals surface area contributed by atoms with Gasteiger partial charge in [0.2, 0.25) is 0 Å². The number of hydrogen-bond donors (Lipinski definition) is 2. The minimum Gasteiger partial charge on any atom is -0.457 e. The van der Waals surface area contributed by atoms with Gasteiger partial charge in [-0.15, -0.1) is 0 Å². The number of nitrogens with two attached hydrogens (primary N) is 1. The third-order valence-corrected chi connectivity index (χ3v) is 4.72. The summed E-state index contributed by atoms with van der Waals surface area (Å²) < 4.78 is 11.1. The molecule has 3 aromatic rings. The van der Waals surface area contributed by atoms with Gasteiger partial charge < -0.3 is 20.5 Å². The first-order valence-electron chi connectivity index (χ1n) is 10.3. The quantitative estimate of drug-likeness (QED) is 0.524. The van der Waals surface area contributed by atoms with E-state index < -0.39 is 0 Å². The number of rotatable bonds is 9. The summed E-state index contributed by atoms with van der Waals surface area (Å²) in [7, 11) is 1.58. The smallest absolute Gasteiger partial charge is 0.255 e. The standard InChI is InChI=1S/C25H29N3O3/c1-17(2)14-19-6-4-5-7-23(19)31-21-11-8-18(9-12-21)15-27-25(29)22-13-10-20(16-30-3)28-24(22)26/h4-13,17H,14-16H2,1-3H3,(H2,26,28)(H,27,29). The lowest BCUT2D eigenvalue weighted by atomic mass is 10.0. The first-order valence-corrected chi connectivity index (χ1v) is 10.3. The van der Waals surface area contributed by atoms with Crippen LogP contribution in [0.3, 0.4) is 0 Å². The van der Waals surface area contributed by atoms with E-state index in [0.717, 1.165) is 23.5 Å². The fraction of sp³-hybridized carbons (Fsp3) is 0.280. The van der Waals surface area contributed by atoms with Crippen LogP contribution >= 0.6 is 0 Å². The van der Waals surface area contributed by atoms with Crippen LogP contribution in [0, 0.1) is 5.92 Å². The molecule has 1 amide bonds. The summed E-state index contributed by atoms with van der Waals surface area (Å²) in [4.78, 5) is 16.6. The fourth-order valence-electron chi connectivity index (χ4n) is 3.23. The summed E-state index contributed by atoms with van der Waals surface area (Å²) in [6, 6.07) is 19.2. The number of nitrogen functional groups attached to an aromatic ring is 1. The second kappa shape index (κ2) is 10.6. The van der Waals surface area contributed by atoms with Crippen molar-refractivity contribution in [3.8, 4) is 11.5 Å². The number of hydrogen-bond acceptors (Lipinski definition) is 5. The number of ether oxygens (including phenoxy) is 2. The summed E-state index contributed by atoms with van der Waals surface area (Å²) in [5.74, 6) is 2.11. The Bertz CT molecular complexity index is 1020. The van der Waals surface area contributed by atoms with Crippen molar-refractivity contribution in [1.82, 2.24) is 10.3 Å². The second-order valence-corrected chi connectivity index (χ2v) is 7.80. The number of amides is 1. The van der Waals surface area contributed by atoms with Gasteiger partial charge in [-0.3, -0.25) is 4.79 Å². The van der Waals surface area contributed by atoms with Crippen molar-refractivity contribution >= 4 is 11.7 Å². The number of benzene rings is 2. The molecule has 2 aromatic carbocycles. The second-order valence-electron chi connectivity index (χ2n) is 7.80. The zero-order chi connectivity index (χ0) is 22.2. The summed E-state index contributed by atoms with van der Waals surface area (Å²) in [5, 5.41) is 2.88. The van der Waals surface area contributed by atoms with Gasteiger partial charge in [0, 0.05) is 13.7 Å². The molecule has 0 radical (unpaired) electrons. The minimum atomic E-state index is -0.267. The van der Waals surface area contributed by atoms with Gasteiger partial charge in [-0.2, -0.15) is 0 Å². The van der Waals surface area contributed by atoms with Crippen molar-refractivity contribution in [2.24, 2.45) is 5.92 Å². The Balaban J connectivity index is 1.60. The third kappa shape index (κ3) is 6.30. The lowest BCUT2D eigenvalue weighted by Crippen LogP contribution is -2.24. The zero-order valence-corrected chi connectivity index (χ0v) is 18.2. The highest BCUT2D eigenvalue weighted by Gasteiger charge is 2.12. The largest absolute Gasteiger partial charge is 0.457 e. The van der Waals surface area contributed by atoms with Crippen LogP contribution in [-0.2, 0) is 24.3 Å². The van der Waals surface area contributed by atoms with Gasteiger partial charge in [-0.05, 0) is 53.8 Å². The van der Waals surface area contributed by atoms with E-state index in [4.69, 9.17) is 15.2 Å². The molecular weight excluding hydrogens is 390 g/mol. The van der Waals surface area contributed by atoms with E-state index in [0.29, 0.717) is 30.3 Å². The van der Waals surface area contributed by atoms with Crippen LogP contribution in [0.4, 0.5) is 5.82 Å². The average molecular weight is 420 g/mol. The summed E-state index contributed by atoms with van der Waals surface area (Å²) in [6.45, 7) is 5.11. The molecule has 0 saturated carbocycles. The van der Waals surface area contributed by atoms with E-state index in [1.165, 1.54) is 5.56 Å². The molecule has 0 atom stereocenters. The number of nitrogens with zero attached hydrogens (tertiary/aromatic N) is 1. The molecule has 3 rings (SSSR count). The number of pyridine rings is 1. The Morgan fingerprint density at radius 2 is 1.81 bits per heavy atom. The highest BCUT2D eigenvalue weighted by molar-refractivity contribution is 5.98. The normalized spacial score (nSPS) is 10.8. The fourth-order valence-corrected chi connectivity index (χ4v) is 3.23. The third-order valence-electron chi connectivity index (χ3n) is 4.72. The van der Waals surface area contributed by atoms with Crippen LogP contribution in [0.15, 0.2) is 60.7 Å². The van der Waals surface area contributed by atoms with Gasteiger partial charge in [0.15, 0.2) is 0 Å². The number of carbonyl (C=O) groups is 1. The molecule has 1 heterocycles. The van der Waals surface area contributed by atoms with E-state index in [9.17, 15) is 4.79 Å². The number of para-hydroxylation sites is 1. The molecule has 0 fully saturated rings. The minimum absolute atomic E-state index is 0.191. The van der Waals surface area contributed by atoms with Gasteiger partial charge in [0.1, 0.15) is 17.3 Å². The van der Waals surface area contributed by atoms with Gasteiger partial charge in [-0.1, -0.05) is 44.2 Å². The molecule has 0 aliphatic heterocycles. The van der Waals surface area contributed by atoms with E-state index in [2.05, 4.69) is 30.2 Å². The summed E-state index contributed by atoms with van der Waals surface area (Å²) in [6.07, 6.45) is 0.963. The SMILES string of the molecule is COCc1ccc(C(=O)NCc2ccc(Oc3ccccc3CC(C)C)cc2)c(N)n1. The lowest BCUT2D eigenvalue weighted by Gasteiger charge is -2.13. The maximum atomic E-state index is 12.5. The molecular formula is C25H29N3O3. The summed E-state index contributed by atoms with van der Waals surface area (Å²) in [5.41, 5.74) is 9.09. The van der Waals surface area contributed by atoms with Crippen molar-refractivity contribution in [2.45, 2.75) is 33.4 Å². The predicted octanol–water partition coefficient (Wildman–Crippen LogP) is 4.73. The molecule has 0 aliphatic rings. The van der Waals surface area contributed by atoms with Crippen LogP contribution < -0.4 is 15.8 Å². The molecule has 31 heavy (non-hydrogen) atoms. The van der Waals surface area contributed by atoms with Gasteiger partial charge in [0.05, 0.1) is 17.9 Å². The predicted molar refractivity (Wildman–Crippen MR) is 122 cm³/mol. The van der Waals surface area contributed by atoms with Crippen molar-refractivity contribution in [3.63, 3.8) is 0 Å². The first-order chi connectivity index (χ1) is 15.0. The lowest BCUT2D eigenvalue weighted by molar-refractivity contribution is 0.0951. The van der Waals surface area contributed by atoms with Crippen molar-refractivity contribution < 1.29 is 14.3 Å². The van der Waals surface area contributed by atoms with Crippen LogP contribution in [0.25, 0.3) is 0 Å². The Hall–Kier alpha value is -3.38. The zero-order valence-electron chi connectivity index (χ0n) is 18.2. The summed E-state index contributed by atoms with van der Waals surface area (Å²) >= 11 is 0. The van der Waals surface area contributed by atoms with E-state index in [1.54, 1.807) is 19.2 Å². The molecule has 6 heteroatoms. The number of carbonyl (C=O) groups excluding carboxylic acids is 1. The maximum absolute atomic E-state index is 12.5. The number of anilines is 1. The molecule has 0 spiro atoms. The molecule has 0 aliphatic carbocycles. The van der Waals surface area contributed by atoms with Crippen LogP contribution in [0.5, 0.6) is 11.5 Å². The van der Waals surface area contributed by atoms with E-state index in [1.807, 2.05) is 42.5 Å².